The van der Waals surface area contributed by atoms with Gasteiger partial charge in [0.2, 0.25) is 0 Å². The van der Waals surface area contributed by atoms with Gasteiger partial charge in [-0.25, -0.2) is 0 Å². The van der Waals surface area contributed by atoms with Crippen LogP contribution in [-0.4, -0.2) is 32.6 Å². The van der Waals surface area contributed by atoms with Crippen LogP contribution in [0, 0.1) is 0 Å². The fourth-order valence-corrected chi connectivity index (χ4v) is 1.33. The highest BCUT2D eigenvalue weighted by molar-refractivity contribution is 9.09. The Morgan fingerprint density at radius 1 is 1.56 bits per heavy atom. The quantitative estimate of drug-likeness (QED) is 0.741. The Hall–Kier alpha value is 0.880. The van der Waals surface area contributed by atoms with E-state index in [0.29, 0.717) is 10.7 Å². The van der Waals surface area contributed by atoms with Crippen LogP contribution in [-0.2, 0) is 0 Å². The Bertz CT molecular complexity index is 85.0. The summed E-state index contributed by atoms with van der Waals surface area (Å²) >= 11 is 6.14. The van der Waals surface area contributed by atoms with Crippen molar-refractivity contribution in [3.63, 3.8) is 0 Å². The third kappa shape index (κ3) is 2.98. The first kappa shape index (κ1) is 9.88. The highest BCUT2D eigenvalue weighted by atomic mass is 79.9. The predicted molar refractivity (Wildman–Crippen MR) is 44.2 cm³/mol. The van der Waals surface area contributed by atoms with Crippen molar-refractivity contribution >= 4 is 31.9 Å². The molecule has 0 aromatic rings. The zero-order valence-corrected chi connectivity index (χ0v) is 8.31. The average Bonchev–Trinajstić information content (AvgIpc) is 1.86. The van der Waals surface area contributed by atoms with Crippen LogP contribution >= 0.6 is 31.9 Å². The molecule has 0 saturated carbocycles. The van der Waals surface area contributed by atoms with Gasteiger partial charge in [-0.05, 0) is 6.92 Å². The molecule has 0 aromatic carbocycles. The van der Waals surface area contributed by atoms with Gasteiger partial charge in [0.05, 0.1) is 11.7 Å². The highest BCUT2D eigenvalue weighted by Crippen LogP contribution is 2.14. The third-order valence-electron chi connectivity index (χ3n) is 1.13. The lowest BCUT2D eigenvalue weighted by molar-refractivity contribution is -0.0297. The summed E-state index contributed by atoms with van der Waals surface area (Å²) in [6.07, 6.45) is -0.711. The normalized spacial score (nSPS) is 21.0. The van der Waals surface area contributed by atoms with Crippen molar-refractivity contribution in [2.45, 2.75) is 18.6 Å². The summed E-state index contributed by atoms with van der Waals surface area (Å²) in [5.74, 6) is 0. The molecule has 0 aliphatic heterocycles. The standard InChI is InChI=1S/C5H10Br2O2/c1-5(9,3-7)4(8)2-6/h4,8-9H,2-3H2,1H3/t4-,5-/m0/s1. The molecule has 0 aliphatic carbocycles. The number of hydrogen-bond acceptors (Lipinski definition) is 2. The lowest BCUT2D eigenvalue weighted by Crippen LogP contribution is -2.41. The largest absolute Gasteiger partial charge is 0.389 e. The maximum absolute atomic E-state index is 9.26. The summed E-state index contributed by atoms with van der Waals surface area (Å²) in [5.41, 5.74) is -1.02. The van der Waals surface area contributed by atoms with Crippen molar-refractivity contribution in [2.24, 2.45) is 0 Å². The van der Waals surface area contributed by atoms with Gasteiger partial charge in [-0.3, -0.25) is 0 Å². The molecule has 2 nitrogen and oxygen atoms in total. The van der Waals surface area contributed by atoms with Gasteiger partial charge in [-0.1, -0.05) is 31.9 Å². The van der Waals surface area contributed by atoms with Gasteiger partial charge in [0.25, 0.3) is 0 Å². The van der Waals surface area contributed by atoms with E-state index in [0.717, 1.165) is 0 Å². The lowest BCUT2D eigenvalue weighted by Gasteiger charge is -2.24. The van der Waals surface area contributed by atoms with E-state index >= 15 is 0 Å². The summed E-state index contributed by atoms with van der Waals surface area (Å²) in [4.78, 5) is 0. The van der Waals surface area contributed by atoms with Crippen molar-refractivity contribution in [1.82, 2.24) is 0 Å². The molecule has 0 aromatic heterocycles. The first-order chi connectivity index (χ1) is 4.04. The van der Waals surface area contributed by atoms with Crippen LogP contribution in [0.3, 0.4) is 0 Å². The fraction of sp³-hybridized carbons (Fsp3) is 1.00. The maximum Gasteiger partial charge on any atom is 0.0981 e. The molecule has 56 valence electrons. The molecule has 0 unspecified atom stereocenters. The van der Waals surface area contributed by atoms with E-state index in [1.54, 1.807) is 6.92 Å². The predicted octanol–water partition coefficient (Wildman–Crippen LogP) is 0.888. The second kappa shape index (κ2) is 3.91. The summed E-state index contributed by atoms with van der Waals surface area (Å²) in [6, 6.07) is 0. The molecule has 4 heteroatoms. The second-order valence-corrected chi connectivity index (χ2v) is 3.37. The van der Waals surface area contributed by atoms with E-state index < -0.39 is 11.7 Å². The molecule has 2 N–H and O–H groups in total. The van der Waals surface area contributed by atoms with Crippen LogP contribution < -0.4 is 0 Å². The van der Waals surface area contributed by atoms with E-state index in [2.05, 4.69) is 31.9 Å². The Kier molecular flexibility index (Phi) is 4.29. The summed E-state index contributed by atoms with van der Waals surface area (Å²) in [5, 5.41) is 19.1. The Morgan fingerprint density at radius 3 is 2.11 bits per heavy atom. The molecule has 0 saturated heterocycles. The number of aliphatic hydroxyl groups excluding tert-OH is 1. The monoisotopic (exact) mass is 260 g/mol. The average molecular weight is 262 g/mol. The number of halogens is 2. The maximum atomic E-state index is 9.26. The van der Waals surface area contributed by atoms with Gasteiger partial charge in [-0.2, -0.15) is 0 Å². The third-order valence-corrected chi connectivity index (χ3v) is 2.88. The Labute approximate surface area is 71.5 Å². The molecular weight excluding hydrogens is 252 g/mol. The van der Waals surface area contributed by atoms with Crippen molar-refractivity contribution in [2.75, 3.05) is 10.7 Å². The van der Waals surface area contributed by atoms with Gasteiger partial charge >= 0.3 is 0 Å². The molecule has 0 heterocycles. The molecule has 0 spiro atoms. The van der Waals surface area contributed by atoms with Crippen LogP contribution in [0.15, 0.2) is 0 Å². The van der Waals surface area contributed by atoms with Gasteiger partial charge in [0.1, 0.15) is 0 Å². The molecule has 0 aliphatic rings. The lowest BCUT2D eigenvalue weighted by atomic mass is 10.0. The Morgan fingerprint density at radius 2 is 2.00 bits per heavy atom. The van der Waals surface area contributed by atoms with Crippen LogP contribution in [0.4, 0.5) is 0 Å². The minimum absolute atomic E-state index is 0.382. The molecule has 0 rings (SSSR count). The van der Waals surface area contributed by atoms with Crippen LogP contribution in [0.25, 0.3) is 0 Å². The molecule has 9 heavy (non-hydrogen) atoms. The minimum atomic E-state index is -1.02. The zero-order valence-electron chi connectivity index (χ0n) is 5.14. The van der Waals surface area contributed by atoms with Crippen molar-refractivity contribution < 1.29 is 10.2 Å². The Balaban J connectivity index is 3.80. The van der Waals surface area contributed by atoms with E-state index in [-0.39, 0.29) is 0 Å². The van der Waals surface area contributed by atoms with Crippen molar-refractivity contribution in [1.29, 1.82) is 0 Å². The highest BCUT2D eigenvalue weighted by Gasteiger charge is 2.27. The fourth-order valence-electron chi connectivity index (χ4n) is 0.255. The van der Waals surface area contributed by atoms with Gasteiger partial charge in [0.15, 0.2) is 0 Å². The summed E-state index contributed by atoms with van der Waals surface area (Å²) in [6.45, 7) is 1.58. The van der Waals surface area contributed by atoms with Crippen LogP contribution in [0.2, 0.25) is 0 Å². The van der Waals surface area contributed by atoms with Gasteiger partial charge in [0, 0.05) is 10.7 Å². The molecule has 0 amide bonds. The molecule has 2 atom stereocenters. The SMILES string of the molecule is C[C@](O)(CBr)[C@@H](O)CBr. The van der Waals surface area contributed by atoms with Crippen LogP contribution in [0.5, 0.6) is 0 Å². The van der Waals surface area contributed by atoms with E-state index in [4.69, 9.17) is 5.11 Å². The topological polar surface area (TPSA) is 40.5 Å². The molecule has 0 bridgehead atoms. The smallest absolute Gasteiger partial charge is 0.0981 e. The zero-order chi connectivity index (χ0) is 7.49. The van der Waals surface area contributed by atoms with Crippen molar-refractivity contribution in [3.05, 3.63) is 0 Å². The van der Waals surface area contributed by atoms with Gasteiger partial charge < -0.3 is 10.2 Å². The van der Waals surface area contributed by atoms with E-state index in [1.807, 2.05) is 0 Å². The molecule has 0 fully saturated rings. The van der Waals surface area contributed by atoms with Gasteiger partial charge in [-0.15, -0.1) is 0 Å². The number of hydrogen-bond donors (Lipinski definition) is 2. The van der Waals surface area contributed by atoms with E-state index in [9.17, 15) is 5.11 Å². The number of rotatable bonds is 3. The first-order valence-electron chi connectivity index (χ1n) is 2.57. The number of alkyl halides is 2. The second-order valence-electron chi connectivity index (χ2n) is 2.16. The minimum Gasteiger partial charge on any atom is -0.389 e. The molecular formula is C5H10Br2O2. The van der Waals surface area contributed by atoms with E-state index in [1.165, 1.54) is 0 Å². The molecule has 0 radical (unpaired) electrons. The number of aliphatic hydroxyl groups is 2. The first-order valence-corrected chi connectivity index (χ1v) is 4.81. The summed E-state index contributed by atoms with van der Waals surface area (Å²) in [7, 11) is 0. The van der Waals surface area contributed by atoms with Crippen molar-refractivity contribution in [3.8, 4) is 0 Å². The summed E-state index contributed by atoms with van der Waals surface area (Å²) < 4.78 is 0. The van der Waals surface area contributed by atoms with Crippen LogP contribution in [0.1, 0.15) is 6.92 Å².